The number of hydrogen-bond donors (Lipinski definition) is 1. The number of benzene rings is 7. The Hall–Kier alpha value is -6.36. The maximum absolute atomic E-state index is 3.36. The quantitative estimate of drug-likeness (QED) is 0.190. The summed E-state index contributed by atoms with van der Waals surface area (Å²) in [6, 6.07) is 61.7. The lowest BCUT2D eigenvalue weighted by molar-refractivity contribution is 0.878. The molecular weight excluding hydrogens is 639 g/mol. The summed E-state index contributed by atoms with van der Waals surface area (Å²) in [6.45, 7) is 0.896. The van der Waals surface area contributed by atoms with Gasteiger partial charge < -0.3 is 14.8 Å². The fraction of sp³-hybridized carbons (Fsp3) is 0.0213. The molecule has 0 amide bonds. The van der Waals surface area contributed by atoms with Gasteiger partial charge in [-0.2, -0.15) is 0 Å². The standard InChI is InChI=1S/C47H33N3S/c1-3-11-33(12-4-1)38-15-7-9-17-43(38)49(36-22-19-32(20-23-36)34-21-25-41-42-27-28-48-31-47(42)51-46(41)29-34)37-24-26-40-39-16-8-10-18-44(39)50(45(40)30-37)35-13-5-2-6-14-35/h1-30,48H,31H2. The molecule has 1 aliphatic rings. The molecule has 0 atom stereocenters. The Balaban J connectivity index is 1.15. The van der Waals surface area contributed by atoms with E-state index in [4.69, 9.17) is 0 Å². The van der Waals surface area contributed by atoms with Gasteiger partial charge in [0.05, 0.1) is 16.7 Å². The number of rotatable bonds is 6. The molecule has 0 radical (unpaired) electrons. The third-order valence-corrected chi connectivity index (χ3v) is 11.2. The van der Waals surface area contributed by atoms with Crippen molar-refractivity contribution in [1.82, 2.24) is 9.88 Å². The summed E-state index contributed by atoms with van der Waals surface area (Å²) in [4.78, 5) is 3.81. The van der Waals surface area contributed by atoms with Gasteiger partial charge in [-0.1, -0.05) is 115 Å². The number of nitrogens with zero attached hydrogens (tertiary/aromatic N) is 2. The number of thiophene rings is 1. The number of para-hydroxylation sites is 3. The summed E-state index contributed by atoms with van der Waals surface area (Å²) in [7, 11) is 0. The first-order valence-electron chi connectivity index (χ1n) is 17.4. The Morgan fingerprint density at radius 1 is 0.529 bits per heavy atom. The molecule has 1 aliphatic heterocycles. The highest BCUT2D eigenvalue weighted by Gasteiger charge is 2.20. The molecule has 4 heteroatoms. The van der Waals surface area contributed by atoms with Crippen molar-refractivity contribution in [2.75, 3.05) is 4.90 Å². The van der Waals surface area contributed by atoms with Crippen molar-refractivity contribution in [3.8, 4) is 27.9 Å². The molecule has 0 saturated carbocycles. The van der Waals surface area contributed by atoms with Crippen molar-refractivity contribution in [3.63, 3.8) is 0 Å². The first kappa shape index (κ1) is 29.5. The van der Waals surface area contributed by atoms with Crippen LogP contribution in [0.3, 0.4) is 0 Å². The fourth-order valence-corrected chi connectivity index (χ4v) is 8.85. The van der Waals surface area contributed by atoms with Gasteiger partial charge in [0, 0.05) is 54.9 Å². The van der Waals surface area contributed by atoms with E-state index in [2.05, 4.69) is 197 Å². The van der Waals surface area contributed by atoms with Gasteiger partial charge in [-0.25, -0.2) is 0 Å². The van der Waals surface area contributed by atoms with Crippen LogP contribution in [0, 0.1) is 0 Å². The molecule has 2 aromatic heterocycles. The molecule has 0 unspecified atom stereocenters. The van der Waals surface area contributed by atoms with Crippen molar-refractivity contribution >= 4 is 66.4 Å². The van der Waals surface area contributed by atoms with Gasteiger partial charge in [-0.05, 0) is 89.1 Å². The van der Waals surface area contributed by atoms with Crippen LogP contribution >= 0.6 is 11.3 Å². The largest absolute Gasteiger partial charge is 0.386 e. The molecule has 3 heterocycles. The first-order chi connectivity index (χ1) is 25.3. The molecule has 242 valence electrons. The smallest absolute Gasteiger partial charge is 0.0561 e. The molecule has 0 aliphatic carbocycles. The summed E-state index contributed by atoms with van der Waals surface area (Å²) in [5.74, 6) is 0. The lowest BCUT2D eigenvalue weighted by atomic mass is 10.00. The predicted molar refractivity (Wildman–Crippen MR) is 218 cm³/mol. The second-order valence-corrected chi connectivity index (χ2v) is 14.2. The zero-order valence-electron chi connectivity index (χ0n) is 27.8. The lowest BCUT2D eigenvalue weighted by Gasteiger charge is -2.28. The average molecular weight is 672 g/mol. The summed E-state index contributed by atoms with van der Waals surface area (Å²) in [5.41, 5.74) is 13.0. The molecule has 0 bridgehead atoms. The van der Waals surface area contributed by atoms with Crippen LogP contribution in [0.2, 0.25) is 0 Å². The Kier molecular flexibility index (Phi) is 7.07. The topological polar surface area (TPSA) is 20.2 Å². The van der Waals surface area contributed by atoms with Crippen LogP contribution in [0.25, 0.3) is 65.9 Å². The molecule has 0 spiro atoms. The van der Waals surface area contributed by atoms with Crippen LogP contribution in [0.1, 0.15) is 10.4 Å². The molecule has 0 fully saturated rings. The predicted octanol–water partition coefficient (Wildman–Crippen LogP) is 12.9. The van der Waals surface area contributed by atoms with Gasteiger partial charge >= 0.3 is 0 Å². The summed E-state index contributed by atoms with van der Waals surface area (Å²) < 4.78 is 3.72. The zero-order chi connectivity index (χ0) is 33.7. The number of anilines is 3. The van der Waals surface area contributed by atoms with Gasteiger partial charge in [0.1, 0.15) is 0 Å². The molecule has 10 rings (SSSR count). The summed E-state index contributed by atoms with van der Waals surface area (Å²) in [5, 5.41) is 7.18. The minimum atomic E-state index is 0.896. The van der Waals surface area contributed by atoms with E-state index >= 15 is 0 Å². The van der Waals surface area contributed by atoms with Crippen LogP contribution in [0.4, 0.5) is 17.1 Å². The number of hydrogen-bond acceptors (Lipinski definition) is 3. The fourth-order valence-electron chi connectivity index (χ4n) is 7.67. The van der Waals surface area contributed by atoms with E-state index in [1.807, 2.05) is 11.3 Å². The second-order valence-electron chi connectivity index (χ2n) is 13.0. The van der Waals surface area contributed by atoms with Crippen molar-refractivity contribution < 1.29 is 0 Å². The van der Waals surface area contributed by atoms with E-state index < -0.39 is 0 Å². The van der Waals surface area contributed by atoms with Crippen LogP contribution in [-0.2, 0) is 6.54 Å². The van der Waals surface area contributed by atoms with Crippen molar-refractivity contribution in [3.05, 3.63) is 186 Å². The van der Waals surface area contributed by atoms with E-state index in [0.29, 0.717) is 0 Å². The highest BCUT2D eigenvalue weighted by atomic mass is 32.1. The maximum Gasteiger partial charge on any atom is 0.0561 e. The van der Waals surface area contributed by atoms with Gasteiger partial charge in [-0.15, -0.1) is 11.3 Å². The van der Waals surface area contributed by atoms with Gasteiger partial charge in [-0.3, -0.25) is 0 Å². The van der Waals surface area contributed by atoms with Crippen LogP contribution in [0.15, 0.2) is 176 Å². The van der Waals surface area contributed by atoms with Crippen LogP contribution < -0.4 is 10.2 Å². The average Bonchev–Trinajstić information content (AvgIpc) is 3.74. The monoisotopic (exact) mass is 671 g/mol. The SMILES string of the molecule is C1=Cc2c(sc3cc(-c4ccc(N(c5ccc6c7ccccc7n(-c7ccccc7)c6c5)c5ccccc5-c5ccccc5)cc4)ccc23)CN1. The highest BCUT2D eigenvalue weighted by Crippen LogP contribution is 2.44. The molecule has 51 heavy (non-hydrogen) atoms. The van der Waals surface area contributed by atoms with E-state index in [1.54, 1.807) is 0 Å². The maximum atomic E-state index is 3.36. The van der Waals surface area contributed by atoms with E-state index in [1.165, 1.54) is 64.6 Å². The van der Waals surface area contributed by atoms with Crippen molar-refractivity contribution in [2.24, 2.45) is 0 Å². The van der Waals surface area contributed by atoms with Crippen LogP contribution in [-0.4, -0.2) is 4.57 Å². The third kappa shape index (κ3) is 5.03. The van der Waals surface area contributed by atoms with Gasteiger partial charge in [0.25, 0.3) is 0 Å². The molecular formula is C47H33N3S. The van der Waals surface area contributed by atoms with Gasteiger partial charge in [0.15, 0.2) is 0 Å². The first-order valence-corrected chi connectivity index (χ1v) is 18.2. The Morgan fingerprint density at radius 3 is 2.08 bits per heavy atom. The molecule has 1 N–H and O–H groups in total. The minimum Gasteiger partial charge on any atom is -0.386 e. The lowest BCUT2D eigenvalue weighted by Crippen LogP contribution is -2.11. The Bertz CT molecular complexity index is 2740. The van der Waals surface area contributed by atoms with Crippen molar-refractivity contribution in [2.45, 2.75) is 6.54 Å². The van der Waals surface area contributed by atoms with Crippen molar-refractivity contribution in [1.29, 1.82) is 0 Å². The summed E-state index contributed by atoms with van der Waals surface area (Å²) in [6.07, 6.45) is 4.26. The minimum absolute atomic E-state index is 0.896. The molecule has 7 aromatic carbocycles. The Labute approximate surface area is 301 Å². The number of nitrogens with one attached hydrogen (secondary N) is 1. The molecule has 3 nitrogen and oxygen atoms in total. The van der Waals surface area contributed by atoms with Gasteiger partial charge in [0.2, 0.25) is 0 Å². The van der Waals surface area contributed by atoms with E-state index in [9.17, 15) is 0 Å². The zero-order valence-corrected chi connectivity index (χ0v) is 28.6. The molecule has 9 aromatic rings. The summed E-state index contributed by atoms with van der Waals surface area (Å²) >= 11 is 1.89. The van der Waals surface area contributed by atoms with E-state index in [-0.39, 0.29) is 0 Å². The highest BCUT2D eigenvalue weighted by molar-refractivity contribution is 7.19. The van der Waals surface area contributed by atoms with E-state index in [0.717, 1.165) is 29.3 Å². The number of aromatic nitrogens is 1. The van der Waals surface area contributed by atoms with Crippen LogP contribution in [0.5, 0.6) is 0 Å². The number of fused-ring (bicyclic) bond motifs is 6. The Morgan fingerprint density at radius 2 is 1.22 bits per heavy atom. The third-order valence-electron chi connectivity index (χ3n) is 10.1. The molecule has 0 saturated heterocycles. The normalized spacial score (nSPS) is 12.3. The second kappa shape index (κ2) is 12.2.